The van der Waals surface area contributed by atoms with Crippen molar-refractivity contribution in [3.8, 4) is 0 Å². The summed E-state index contributed by atoms with van der Waals surface area (Å²) in [6.45, 7) is 2.15. The molecular formula is C14H14BrN3OS. The van der Waals surface area contributed by atoms with E-state index in [1.807, 2.05) is 43.3 Å². The molecule has 0 bridgehead atoms. The zero-order valence-electron chi connectivity index (χ0n) is 10.9. The van der Waals surface area contributed by atoms with E-state index in [1.54, 1.807) is 10.8 Å². The lowest BCUT2D eigenvalue weighted by atomic mass is 10.2. The van der Waals surface area contributed by atoms with Crippen LogP contribution in [0.15, 0.2) is 56.4 Å². The van der Waals surface area contributed by atoms with Gasteiger partial charge in [-0.2, -0.15) is 4.40 Å². The molecule has 2 N–H and O–H groups in total. The molecule has 0 saturated heterocycles. The number of carbonyl (C=O) groups is 1. The maximum atomic E-state index is 11.1. The minimum Gasteiger partial charge on any atom is -0.368 e. The van der Waals surface area contributed by atoms with E-state index >= 15 is 0 Å². The molecule has 0 aliphatic carbocycles. The van der Waals surface area contributed by atoms with Gasteiger partial charge >= 0.3 is 0 Å². The lowest BCUT2D eigenvalue weighted by Gasteiger charge is -2.05. The summed E-state index contributed by atoms with van der Waals surface area (Å²) in [5.74, 6) is -0.394. The van der Waals surface area contributed by atoms with E-state index in [9.17, 15) is 4.79 Å². The number of nitrogens with two attached hydrogens (primary N) is 1. The highest BCUT2D eigenvalue weighted by molar-refractivity contribution is 9.10. The van der Waals surface area contributed by atoms with Crippen LogP contribution in [-0.2, 0) is 11.3 Å². The van der Waals surface area contributed by atoms with Crippen molar-refractivity contribution in [2.24, 2.45) is 10.1 Å². The van der Waals surface area contributed by atoms with Crippen LogP contribution in [0, 0.1) is 6.92 Å². The Labute approximate surface area is 130 Å². The summed E-state index contributed by atoms with van der Waals surface area (Å²) in [5, 5.41) is 0. The Morgan fingerprint density at radius 3 is 2.70 bits per heavy atom. The normalized spacial score (nSPS) is 11.6. The molecule has 4 nitrogen and oxygen atoms in total. The van der Waals surface area contributed by atoms with E-state index in [1.165, 1.54) is 17.5 Å². The summed E-state index contributed by atoms with van der Waals surface area (Å²) in [7, 11) is 0. The van der Waals surface area contributed by atoms with Crippen LogP contribution in [-0.4, -0.2) is 10.5 Å². The molecule has 0 atom stereocenters. The Bertz CT molecular complexity index is 680. The van der Waals surface area contributed by atoms with Crippen molar-refractivity contribution in [3.05, 3.63) is 58.1 Å². The molecule has 1 aromatic carbocycles. The number of rotatable bonds is 4. The zero-order valence-corrected chi connectivity index (χ0v) is 13.3. The van der Waals surface area contributed by atoms with Gasteiger partial charge in [-0.15, -0.1) is 0 Å². The second-order valence-electron chi connectivity index (χ2n) is 4.29. The van der Waals surface area contributed by atoms with Crippen molar-refractivity contribution in [1.82, 2.24) is 4.57 Å². The Balaban J connectivity index is 2.30. The number of halogens is 1. The van der Waals surface area contributed by atoms with Crippen LogP contribution in [0.2, 0.25) is 0 Å². The second kappa shape index (κ2) is 6.76. The maximum absolute atomic E-state index is 11.1. The first-order chi connectivity index (χ1) is 9.54. The van der Waals surface area contributed by atoms with Crippen molar-refractivity contribution in [2.45, 2.75) is 18.4 Å². The molecule has 1 amide bonds. The molecule has 20 heavy (non-hydrogen) atoms. The van der Waals surface area contributed by atoms with Gasteiger partial charge in [-0.1, -0.05) is 33.6 Å². The van der Waals surface area contributed by atoms with Crippen LogP contribution in [0.5, 0.6) is 0 Å². The molecular weight excluding hydrogens is 338 g/mol. The van der Waals surface area contributed by atoms with Gasteiger partial charge in [-0.3, -0.25) is 4.79 Å². The van der Waals surface area contributed by atoms with Gasteiger partial charge in [0, 0.05) is 27.5 Å². The molecule has 0 aliphatic rings. The number of aryl methyl sites for hydroxylation is 1. The summed E-state index contributed by atoms with van der Waals surface area (Å²) in [5.41, 5.74) is 7.13. The highest BCUT2D eigenvalue weighted by atomic mass is 79.9. The van der Waals surface area contributed by atoms with Crippen molar-refractivity contribution < 1.29 is 4.79 Å². The van der Waals surface area contributed by atoms with Gasteiger partial charge < -0.3 is 10.3 Å². The van der Waals surface area contributed by atoms with Gasteiger partial charge in [0.25, 0.3) is 0 Å². The number of carbonyl (C=O) groups excluding carboxylic acids is 1. The average Bonchev–Trinajstić information content (AvgIpc) is 2.40. The molecule has 104 valence electrons. The molecule has 0 aliphatic heterocycles. The van der Waals surface area contributed by atoms with Crippen LogP contribution in [0.25, 0.3) is 0 Å². The van der Waals surface area contributed by atoms with Crippen LogP contribution in [0.3, 0.4) is 0 Å². The molecule has 0 unspecified atom stereocenters. The molecule has 0 radical (unpaired) electrons. The third-order valence-corrected chi connectivity index (χ3v) is 3.82. The fraction of sp³-hybridized carbons (Fsp3) is 0.143. The van der Waals surface area contributed by atoms with Gasteiger partial charge in [-0.05, 0) is 31.2 Å². The number of benzene rings is 1. The first-order valence-electron chi connectivity index (χ1n) is 5.96. The standard InChI is InChI=1S/C14H14BrN3OS/c1-10-2-4-12(5-3-10)20-17-14-8-11(15)6-7-18(14)9-13(16)19/h2-8H,9H2,1H3,(H2,16,19)/b17-14-. The third-order valence-electron chi connectivity index (χ3n) is 2.57. The number of pyridine rings is 1. The SMILES string of the molecule is Cc1ccc(S/N=c2/cc(Br)ccn2CC(N)=O)cc1. The van der Waals surface area contributed by atoms with Crippen LogP contribution in [0.4, 0.5) is 0 Å². The Hall–Kier alpha value is -1.53. The quantitative estimate of drug-likeness (QED) is 0.860. The topological polar surface area (TPSA) is 60.4 Å². The van der Waals surface area contributed by atoms with Gasteiger partial charge in [-0.25, -0.2) is 0 Å². The molecule has 0 fully saturated rings. The monoisotopic (exact) mass is 351 g/mol. The van der Waals surface area contributed by atoms with Crippen molar-refractivity contribution >= 4 is 33.8 Å². The highest BCUT2D eigenvalue weighted by Crippen LogP contribution is 2.18. The second-order valence-corrected chi connectivity index (χ2v) is 6.05. The third kappa shape index (κ3) is 4.25. The molecule has 1 heterocycles. The van der Waals surface area contributed by atoms with Crippen molar-refractivity contribution in [2.75, 3.05) is 0 Å². The van der Waals surface area contributed by atoms with Crippen molar-refractivity contribution in [3.63, 3.8) is 0 Å². The molecule has 1 aromatic heterocycles. The maximum Gasteiger partial charge on any atom is 0.237 e. The van der Waals surface area contributed by atoms with E-state index in [-0.39, 0.29) is 6.54 Å². The van der Waals surface area contributed by atoms with Gasteiger partial charge in [0.1, 0.15) is 12.0 Å². The zero-order chi connectivity index (χ0) is 14.5. The van der Waals surface area contributed by atoms with E-state index in [0.717, 1.165) is 9.37 Å². The molecule has 6 heteroatoms. The summed E-state index contributed by atoms with van der Waals surface area (Å²) in [6.07, 6.45) is 1.78. The minimum atomic E-state index is -0.394. The van der Waals surface area contributed by atoms with E-state index in [4.69, 9.17) is 5.73 Å². The summed E-state index contributed by atoms with van der Waals surface area (Å²) < 4.78 is 7.08. The Morgan fingerprint density at radius 2 is 2.05 bits per heavy atom. The van der Waals surface area contributed by atoms with Crippen molar-refractivity contribution in [1.29, 1.82) is 0 Å². The molecule has 0 saturated carbocycles. The van der Waals surface area contributed by atoms with E-state index < -0.39 is 5.91 Å². The number of aromatic nitrogens is 1. The van der Waals surface area contributed by atoms with Crippen LogP contribution < -0.4 is 11.2 Å². The van der Waals surface area contributed by atoms with E-state index in [0.29, 0.717) is 5.49 Å². The molecule has 0 spiro atoms. The predicted molar refractivity (Wildman–Crippen MR) is 83.9 cm³/mol. The molecule has 2 rings (SSSR count). The number of hydrogen-bond donors (Lipinski definition) is 1. The number of amides is 1. The lowest BCUT2D eigenvalue weighted by molar-refractivity contribution is -0.118. The Kier molecular flexibility index (Phi) is 5.03. The number of nitrogens with zero attached hydrogens (tertiary/aromatic N) is 2. The predicted octanol–water partition coefficient (Wildman–Crippen LogP) is 2.65. The van der Waals surface area contributed by atoms with Gasteiger partial charge in [0.2, 0.25) is 5.91 Å². The fourth-order valence-corrected chi connectivity index (χ4v) is 2.51. The van der Waals surface area contributed by atoms with Gasteiger partial charge in [0.15, 0.2) is 0 Å². The first-order valence-corrected chi connectivity index (χ1v) is 7.53. The molecule has 2 aromatic rings. The fourth-order valence-electron chi connectivity index (χ4n) is 1.57. The van der Waals surface area contributed by atoms with Crippen LogP contribution >= 0.6 is 27.9 Å². The number of primary amides is 1. The smallest absolute Gasteiger partial charge is 0.237 e. The first kappa shape index (κ1) is 14.9. The average molecular weight is 352 g/mol. The Morgan fingerprint density at radius 1 is 1.35 bits per heavy atom. The van der Waals surface area contributed by atoms with Gasteiger partial charge in [0.05, 0.1) is 0 Å². The highest BCUT2D eigenvalue weighted by Gasteiger charge is 2.00. The van der Waals surface area contributed by atoms with Crippen LogP contribution in [0.1, 0.15) is 5.56 Å². The summed E-state index contributed by atoms with van der Waals surface area (Å²) in [6, 6.07) is 11.8. The summed E-state index contributed by atoms with van der Waals surface area (Å²) >= 11 is 4.76. The minimum absolute atomic E-state index is 0.112. The largest absolute Gasteiger partial charge is 0.368 e. The van der Waals surface area contributed by atoms with E-state index in [2.05, 4.69) is 20.3 Å². The number of hydrogen-bond acceptors (Lipinski definition) is 3. The lowest BCUT2D eigenvalue weighted by Crippen LogP contribution is -2.27. The summed E-state index contributed by atoms with van der Waals surface area (Å²) in [4.78, 5) is 12.1.